The Hall–Kier alpha value is -0.530. The molecule has 0 bridgehead atoms. The highest BCUT2D eigenvalue weighted by molar-refractivity contribution is 5.65. The molecule has 0 amide bonds. The first-order chi connectivity index (χ1) is 6.57. The standard InChI is InChI=1S/C9H18.C3H6O2/c1-8(2)9-6-4-3-5-7-9;1-3(4)5-2/h8-9H,3-7H2,1-2H3;1-2H3. The van der Waals surface area contributed by atoms with Crippen LogP contribution in [-0.2, 0) is 9.53 Å². The third kappa shape index (κ3) is 6.93. The van der Waals surface area contributed by atoms with Crippen molar-refractivity contribution < 1.29 is 9.53 Å². The first-order valence-electron chi connectivity index (χ1n) is 5.62. The molecule has 84 valence electrons. The van der Waals surface area contributed by atoms with Crippen LogP contribution in [0, 0.1) is 11.8 Å². The summed E-state index contributed by atoms with van der Waals surface area (Å²) in [5.74, 6) is 1.74. The van der Waals surface area contributed by atoms with Crippen LogP contribution in [0.15, 0.2) is 0 Å². The number of carbonyl (C=O) groups is 1. The molecule has 0 aliphatic heterocycles. The molecule has 1 fully saturated rings. The van der Waals surface area contributed by atoms with Crippen LogP contribution in [0.2, 0.25) is 0 Å². The minimum atomic E-state index is -0.245. The molecule has 0 spiro atoms. The van der Waals surface area contributed by atoms with Gasteiger partial charge in [0.2, 0.25) is 0 Å². The predicted octanol–water partition coefficient (Wildman–Crippen LogP) is 3.40. The summed E-state index contributed by atoms with van der Waals surface area (Å²) in [5.41, 5.74) is 0. The SMILES string of the molecule is CC(C)C1CCCCC1.COC(C)=O. The maximum Gasteiger partial charge on any atom is 0.302 e. The lowest BCUT2D eigenvalue weighted by Crippen LogP contribution is -2.12. The van der Waals surface area contributed by atoms with Gasteiger partial charge in [-0.2, -0.15) is 0 Å². The Kier molecular flexibility index (Phi) is 7.54. The van der Waals surface area contributed by atoms with Crippen LogP contribution in [0.3, 0.4) is 0 Å². The summed E-state index contributed by atoms with van der Waals surface area (Å²) in [6.07, 6.45) is 7.46. The Morgan fingerprint density at radius 2 is 1.64 bits per heavy atom. The first-order valence-corrected chi connectivity index (χ1v) is 5.62. The van der Waals surface area contributed by atoms with Crippen LogP contribution >= 0.6 is 0 Å². The lowest BCUT2D eigenvalue weighted by Gasteiger charge is -2.24. The van der Waals surface area contributed by atoms with Crippen molar-refractivity contribution in [2.45, 2.75) is 52.9 Å². The smallest absolute Gasteiger partial charge is 0.302 e. The number of ether oxygens (including phenoxy) is 1. The van der Waals surface area contributed by atoms with E-state index >= 15 is 0 Å². The van der Waals surface area contributed by atoms with Crippen molar-refractivity contribution in [2.75, 3.05) is 7.11 Å². The number of hydrogen-bond acceptors (Lipinski definition) is 2. The van der Waals surface area contributed by atoms with Crippen molar-refractivity contribution in [3.05, 3.63) is 0 Å². The molecular formula is C12H24O2. The van der Waals surface area contributed by atoms with Crippen molar-refractivity contribution in [1.29, 1.82) is 0 Å². The van der Waals surface area contributed by atoms with E-state index in [0.717, 1.165) is 11.8 Å². The number of esters is 1. The van der Waals surface area contributed by atoms with Gasteiger partial charge in [0.05, 0.1) is 7.11 Å². The van der Waals surface area contributed by atoms with Gasteiger partial charge in [-0.25, -0.2) is 0 Å². The number of carbonyl (C=O) groups excluding carboxylic acids is 1. The lowest BCUT2D eigenvalue weighted by molar-refractivity contribution is -0.137. The van der Waals surface area contributed by atoms with Gasteiger partial charge in [0, 0.05) is 6.92 Å². The van der Waals surface area contributed by atoms with E-state index in [9.17, 15) is 4.79 Å². The third-order valence-corrected chi connectivity index (χ3v) is 2.88. The van der Waals surface area contributed by atoms with E-state index in [1.165, 1.54) is 46.1 Å². The van der Waals surface area contributed by atoms with Gasteiger partial charge in [0.1, 0.15) is 0 Å². The van der Waals surface area contributed by atoms with Crippen LogP contribution in [0.5, 0.6) is 0 Å². The molecule has 1 aliphatic carbocycles. The molecular weight excluding hydrogens is 176 g/mol. The Labute approximate surface area is 88.0 Å². The topological polar surface area (TPSA) is 26.3 Å². The van der Waals surface area contributed by atoms with Crippen LogP contribution < -0.4 is 0 Å². The van der Waals surface area contributed by atoms with E-state index in [4.69, 9.17) is 0 Å². The fraction of sp³-hybridized carbons (Fsp3) is 0.917. The van der Waals surface area contributed by atoms with Crippen molar-refractivity contribution in [2.24, 2.45) is 11.8 Å². The van der Waals surface area contributed by atoms with Gasteiger partial charge in [0.15, 0.2) is 0 Å². The second kappa shape index (κ2) is 7.84. The zero-order valence-electron chi connectivity index (χ0n) is 10.0. The Morgan fingerprint density at radius 1 is 1.21 bits per heavy atom. The van der Waals surface area contributed by atoms with E-state index in [1.807, 2.05) is 0 Å². The minimum absolute atomic E-state index is 0.245. The third-order valence-electron chi connectivity index (χ3n) is 2.88. The number of methoxy groups -OCH3 is 1. The molecule has 2 heteroatoms. The summed E-state index contributed by atoms with van der Waals surface area (Å²) in [5, 5.41) is 0. The normalized spacial score (nSPS) is 17.2. The van der Waals surface area contributed by atoms with Crippen LogP contribution in [-0.4, -0.2) is 13.1 Å². The van der Waals surface area contributed by atoms with Crippen LogP contribution in [0.4, 0.5) is 0 Å². The second-order valence-electron chi connectivity index (χ2n) is 4.34. The average molecular weight is 200 g/mol. The molecule has 0 radical (unpaired) electrons. The van der Waals surface area contributed by atoms with Crippen molar-refractivity contribution in [3.8, 4) is 0 Å². The molecule has 0 N–H and O–H groups in total. The van der Waals surface area contributed by atoms with Crippen molar-refractivity contribution in [3.63, 3.8) is 0 Å². The predicted molar refractivity (Wildman–Crippen MR) is 59.1 cm³/mol. The summed E-state index contributed by atoms with van der Waals surface area (Å²) >= 11 is 0. The molecule has 1 saturated carbocycles. The summed E-state index contributed by atoms with van der Waals surface area (Å²) in [4.78, 5) is 9.59. The van der Waals surface area contributed by atoms with Gasteiger partial charge in [-0.15, -0.1) is 0 Å². The summed E-state index contributed by atoms with van der Waals surface area (Å²) in [7, 11) is 1.35. The molecule has 0 aromatic rings. The number of hydrogen-bond donors (Lipinski definition) is 0. The van der Waals surface area contributed by atoms with E-state index in [2.05, 4.69) is 18.6 Å². The average Bonchev–Trinajstić information content (AvgIpc) is 2.20. The van der Waals surface area contributed by atoms with Gasteiger partial charge in [-0.05, 0) is 11.8 Å². The maximum atomic E-state index is 9.59. The van der Waals surface area contributed by atoms with Gasteiger partial charge < -0.3 is 4.74 Å². The van der Waals surface area contributed by atoms with Crippen LogP contribution in [0.1, 0.15) is 52.9 Å². The summed E-state index contributed by atoms with van der Waals surface area (Å²) < 4.78 is 4.11. The van der Waals surface area contributed by atoms with Gasteiger partial charge in [-0.1, -0.05) is 46.0 Å². The molecule has 0 heterocycles. The molecule has 14 heavy (non-hydrogen) atoms. The quantitative estimate of drug-likeness (QED) is 0.606. The van der Waals surface area contributed by atoms with Gasteiger partial charge in [0.25, 0.3) is 0 Å². The Morgan fingerprint density at radius 3 is 1.86 bits per heavy atom. The highest BCUT2D eigenvalue weighted by Gasteiger charge is 2.15. The van der Waals surface area contributed by atoms with E-state index in [0.29, 0.717) is 0 Å². The zero-order chi connectivity index (χ0) is 11.0. The monoisotopic (exact) mass is 200 g/mol. The molecule has 1 aliphatic rings. The molecule has 0 saturated heterocycles. The fourth-order valence-electron chi connectivity index (χ4n) is 1.80. The fourth-order valence-corrected chi connectivity index (χ4v) is 1.80. The van der Waals surface area contributed by atoms with Crippen molar-refractivity contribution >= 4 is 5.97 Å². The molecule has 1 rings (SSSR count). The highest BCUT2D eigenvalue weighted by atomic mass is 16.5. The minimum Gasteiger partial charge on any atom is -0.469 e. The Bertz CT molecular complexity index is 146. The summed E-state index contributed by atoms with van der Waals surface area (Å²) in [6, 6.07) is 0. The van der Waals surface area contributed by atoms with E-state index < -0.39 is 0 Å². The second-order valence-corrected chi connectivity index (χ2v) is 4.34. The molecule has 0 aromatic carbocycles. The zero-order valence-corrected chi connectivity index (χ0v) is 10.0. The maximum absolute atomic E-state index is 9.59. The first kappa shape index (κ1) is 13.5. The van der Waals surface area contributed by atoms with Crippen LogP contribution in [0.25, 0.3) is 0 Å². The molecule has 0 aromatic heterocycles. The summed E-state index contributed by atoms with van der Waals surface area (Å²) in [6.45, 7) is 6.08. The molecule has 0 atom stereocenters. The Balaban J connectivity index is 0.000000292. The van der Waals surface area contributed by atoms with Crippen molar-refractivity contribution in [1.82, 2.24) is 0 Å². The van der Waals surface area contributed by atoms with Gasteiger partial charge >= 0.3 is 5.97 Å². The van der Waals surface area contributed by atoms with E-state index in [1.54, 1.807) is 0 Å². The largest absolute Gasteiger partial charge is 0.469 e. The number of rotatable bonds is 1. The van der Waals surface area contributed by atoms with Gasteiger partial charge in [-0.3, -0.25) is 4.79 Å². The molecule has 2 nitrogen and oxygen atoms in total. The lowest BCUT2D eigenvalue weighted by atomic mass is 9.82. The highest BCUT2D eigenvalue weighted by Crippen LogP contribution is 2.29. The molecule has 0 unspecified atom stereocenters. The van der Waals surface area contributed by atoms with E-state index in [-0.39, 0.29) is 5.97 Å².